The fraction of sp³-hybridized carbons (Fsp3) is 0.611. The van der Waals surface area contributed by atoms with Crippen molar-refractivity contribution in [1.82, 2.24) is 5.32 Å². The molecule has 3 N–H and O–H groups in total. The molecule has 2 rings (SSSR count). The molecule has 0 heterocycles. The van der Waals surface area contributed by atoms with Gasteiger partial charge in [0, 0.05) is 24.8 Å². The molecule has 142 valence electrons. The van der Waals surface area contributed by atoms with Crippen molar-refractivity contribution in [3.63, 3.8) is 0 Å². The van der Waals surface area contributed by atoms with Gasteiger partial charge in [-0.2, -0.15) is 0 Å². The van der Waals surface area contributed by atoms with E-state index in [1.54, 1.807) is 14.2 Å². The van der Waals surface area contributed by atoms with Crippen molar-refractivity contribution in [3.8, 4) is 11.5 Å². The average Bonchev–Trinajstić information content (AvgIpc) is 3.06. The fourth-order valence-corrected chi connectivity index (χ4v) is 2.85. The first kappa shape index (κ1) is 21.8. The van der Waals surface area contributed by atoms with Crippen LogP contribution >= 0.6 is 24.0 Å². The molecule has 0 aliphatic heterocycles. The highest BCUT2D eigenvalue weighted by molar-refractivity contribution is 14.0. The molecule has 0 spiro atoms. The third-order valence-corrected chi connectivity index (χ3v) is 4.10. The minimum atomic E-state index is 0. The Morgan fingerprint density at radius 1 is 1.32 bits per heavy atom. The first-order chi connectivity index (χ1) is 11.6. The molecule has 7 heteroatoms. The van der Waals surface area contributed by atoms with Crippen LogP contribution in [0.3, 0.4) is 0 Å². The lowest BCUT2D eigenvalue weighted by Gasteiger charge is -2.17. The van der Waals surface area contributed by atoms with Crippen molar-refractivity contribution >= 4 is 29.9 Å². The maximum atomic E-state index is 6.17. The SMILES string of the molecule is COCC(C)NC(N)=NCc1ccc(OC)cc1OC1CCCC1.I. The van der Waals surface area contributed by atoms with Gasteiger partial charge in [0.25, 0.3) is 0 Å². The standard InChI is InChI=1S/C18H29N3O3.HI/c1-13(12-22-2)21-18(19)20-11-14-8-9-16(23-3)10-17(14)24-15-6-4-5-7-15;/h8-10,13,15H,4-7,11-12H2,1-3H3,(H3,19,20,21);1H. The molecule has 1 atom stereocenters. The average molecular weight is 463 g/mol. The Balaban J connectivity index is 0.00000312. The van der Waals surface area contributed by atoms with E-state index in [0.717, 1.165) is 29.9 Å². The topological polar surface area (TPSA) is 78.1 Å². The second-order valence-corrected chi connectivity index (χ2v) is 6.20. The number of methoxy groups -OCH3 is 2. The highest BCUT2D eigenvalue weighted by Gasteiger charge is 2.18. The van der Waals surface area contributed by atoms with E-state index in [-0.39, 0.29) is 36.1 Å². The summed E-state index contributed by atoms with van der Waals surface area (Å²) in [5.41, 5.74) is 6.95. The Morgan fingerprint density at radius 3 is 2.68 bits per heavy atom. The van der Waals surface area contributed by atoms with Crippen LogP contribution in [-0.4, -0.2) is 38.9 Å². The van der Waals surface area contributed by atoms with Crippen molar-refractivity contribution in [2.75, 3.05) is 20.8 Å². The van der Waals surface area contributed by atoms with Crippen molar-refractivity contribution < 1.29 is 14.2 Å². The number of nitrogens with two attached hydrogens (primary N) is 1. The lowest BCUT2D eigenvalue weighted by molar-refractivity contribution is 0.179. The van der Waals surface area contributed by atoms with Crippen LogP contribution in [0.1, 0.15) is 38.2 Å². The van der Waals surface area contributed by atoms with E-state index >= 15 is 0 Å². The van der Waals surface area contributed by atoms with E-state index in [4.69, 9.17) is 19.9 Å². The van der Waals surface area contributed by atoms with Crippen LogP contribution < -0.4 is 20.5 Å². The van der Waals surface area contributed by atoms with Gasteiger partial charge in [-0.05, 0) is 44.7 Å². The maximum absolute atomic E-state index is 6.17. The van der Waals surface area contributed by atoms with E-state index in [9.17, 15) is 0 Å². The van der Waals surface area contributed by atoms with E-state index in [2.05, 4.69) is 10.3 Å². The van der Waals surface area contributed by atoms with Gasteiger partial charge in [-0.15, -0.1) is 24.0 Å². The molecule has 0 saturated heterocycles. The summed E-state index contributed by atoms with van der Waals surface area (Å²) in [6.45, 7) is 3.03. The molecule has 1 aromatic rings. The summed E-state index contributed by atoms with van der Waals surface area (Å²) < 4.78 is 16.6. The highest BCUT2D eigenvalue weighted by Crippen LogP contribution is 2.30. The van der Waals surface area contributed by atoms with Crippen LogP contribution in [0.5, 0.6) is 11.5 Å². The number of benzene rings is 1. The second-order valence-electron chi connectivity index (χ2n) is 6.20. The van der Waals surface area contributed by atoms with Crippen LogP contribution in [0.2, 0.25) is 0 Å². The van der Waals surface area contributed by atoms with Crippen LogP contribution in [-0.2, 0) is 11.3 Å². The number of nitrogens with zero attached hydrogens (tertiary/aromatic N) is 1. The molecule has 0 radical (unpaired) electrons. The first-order valence-electron chi connectivity index (χ1n) is 8.51. The van der Waals surface area contributed by atoms with Crippen LogP contribution in [0.25, 0.3) is 0 Å². The minimum absolute atomic E-state index is 0. The third-order valence-electron chi connectivity index (χ3n) is 4.10. The molecule has 1 saturated carbocycles. The third kappa shape index (κ3) is 7.27. The molecule has 1 aliphatic rings. The molecule has 1 aliphatic carbocycles. The van der Waals surface area contributed by atoms with Crippen LogP contribution in [0, 0.1) is 0 Å². The number of guanidine groups is 1. The van der Waals surface area contributed by atoms with Crippen molar-refractivity contribution in [3.05, 3.63) is 23.8 Å². The molecule has 1 unspecified atom stereocenters. The van der Waals surface area contributed by atoms with Gasteiger partial charge in [0.2, 0.25) is 0 Å². The van der Waals surface area contributed by atoms with Gasteiger partial charge in [0.15, 0.2) is 5.96 Å². The molecule has 0 aromatic heterocycles. The summed E-state index contributed by atoms with van der Waals surface area (Å²) in [7, 11) is 3.32. The van der Waals surface area contributed by atoms with E-state index in [1.165, 1.54) is 12.8 Å². The van der Waals surface area contributed by atoms with E-state index < -0.39 is 0 Å². The highest BCUT2D eigenvalue weighted by atomic mass is 127. The van der Waals surface area contributed by atoms with Crippen molar-refractivity contribution in [1.29, 1.82) is 0 Å². The predicted molar refractivity (Wildman–Crippen MR) is 111 cm³/mol. The lowest BCUT2D eigenvalue weighted by atomic mass is 10.2. The van der Waals surface area contributed by atoms with Gasteiger partial charge in [0.05, 0.1) is 26.4 Å². The summed E-state index contributed by atoms with van der Waals surface area (Å²) >= 11 is 0. The summed E-state index contributed by atoms with van der Waals surface area (Å²) in [5, 5.41) is 3.10. The molecule has 6 nitrogen and oxygen atoms in total. The molecular weight excluding hydrogens is 433 g/mol. The van der Waals surface area contributed by atoms with E-state index in [0.29, 0.717) is 19.1 Å². The maximum Gasteiger partial charge on any atom is 0.189 e. The Kier molecular flexibility index (Phi) is 9.96. The molecular formula is C18H30IN3O3. The van der Waals surface area contributed by atoms with Gasteiger partial charge in [-0.1, -0.05) is 0 Å². The number of halogens is 1. The summed E-state index contributed by atoms with van der Waals surface area (Å²) in [4.78, 5) is 4.41. The number of hydrogen-bond acceptors (Lipinski definition) is 4. The van der Waals surface area contributed by atoms with Gasteiger partial charge >= 0.3 is 0 Å². The Bertz CT molecular complexity index is 548. The van der Waals surface area contributed by atoms with Gasteiger partial charge in [-0.3, -0.25) is 0 Å². The van der Waals surface area contributed by atoms with Crippen LogP contribution in [0.4, 0.5) is 0 Å². The monoisotopic (exact) mass is 463 g/mol. The smallest absolute Gasteiger partial charge is 0.189 e. The second kappa shape index (κ2) is 11.4. The number of nitrogens with one attached hydrogen (secondary N) is 1. The van der Waals surface area contributed by atoms with Gasteiger partial charge in [0.1, 0.15) is 11.5 Å². The van der Waals surface area contributed by atoms with Crippen molar-refractivity contribution in [2.24, 2.45) is 10.7 Å². The zero-order valence-corrected chi connectivity index (χ0v) is 17.6. The quantitative estimate of drug-likeness (QED) is 0.352. The number of ether oxygens (including phenoxy) is 3. The Labute approximate surface area is 167 Å². The number of hydrogen-bond donors (Lipinski definition) is 2. The molecule has 0 amide bonds. The summed E-state index contributed by atoms with van der Waals surface area (Å²) in [6.07, 6.45) is 4.97. The van der Waals surface area contributed by atoms with Gasteiger partial charge in [-0.25, -0.2) is 4.99 Å². The minimum Gasteiger partial charge on any atom is -0.497 e. The predicted octanol–water partition coefficient (Wildman–Crippen LogP) is 3.07. The van der Waals surface area contributed by atoms with Crippen molar-refractivity contribution in [2.45, 2.75) is 51.3 Å². The molecule has 1 aromatic carbocycles. The Morgan fingerprint density at radius 2 is 2.04 bits per heavy atom. The zero-order chi connectivity index (χ0) is 17.4. The normalized spacial score (nSPS) is 16.2. The number of aliphatic imine (C=N–C) groups is 1. The number of rotatable bonds is 8. The largest absolute Gasteiger partial charge is 0.497 e. The van der Waals surface area contributed by atoms with E-state index in [1.807, 2.05) is 25.1 Å². The summed E-state index contributed by atoms with van der Waals surface area (Å²) in [6, 6.07) is 5.95. The fourth-order valence-electron chi connectivity index (χ4n) is 2.85. The first-order valence-corrected chi connectivity index (χ1v) is 8.51. The zero-order valence-electron chi connectivity index (χ0n) is 15.3. The van der Waals surface area contributed by atoms with Gasteiger partial charge < -0.3 is 25.3 Å². The summed E-state index contributed by atoms with van der Waals surface area (Å²) in [5.74, 6) is 2.03. The molecule has 1 fully saturated rings. The molecule has 25 heavy (non-hydrogen) atoms. The molecule has 0 bridgehead atoms. The van der Waals surface area contributed by atoms with Crippen LogP contribution in [0.15, 0.2) is 23.2 Å². The lowest BCUT2D eigenvalue weighted by Crippen LogP contribution is -2.40. The Hall–Kier alpha value is -1.22.